The fraction of sp³-hybridized carbons (Fsp3) is 0.500. The van der Waals surface area contributed by atoms with Crippen molar-refractivity contribution >= 4 is 17.5 Å². The second-order valence-electron chi connectivity index (χ2n) is 5.79. The van der Waals surface area contributed by atoms with Crippen LogP contribution in [0.3, 0.4) is 0 Å². The molecule has 1 saturated heterocycles. The van der Waals surface area contributed by atoms with Crippen LogP contribution in [0.25, 0.3) is 5.65 Å². The molecule has 2 aromatic rings. The highest BCUT2D eigenvalue weighted by Gasteiger charge is 2.25. The van der Waals surface area contributed by atoms with Crippen molar-refractivity contribution in [2.45, 2.75) is 32.4 Å². The number of pyridine rings is 1. The first-order valence-electron chi connectivity index (χ1n) is 8.25. The van der Waals surface area contributed by atoms with E-state index < -0.39 is 0 Å². The predicted molar refractivity (Wildman–Crippen MR) is 91.6 cm³/mol. The average Bonchev–Trinajstić information content (AvgIpc) is 3.25. The van der Waals surface area contributed by atoms with Gasteiger partial charge in [-0.3, -0.25) is 14.2 Å². The summed E-state index contributed by atoms with van der Waals surface area (Å²) >= 11 is 0. The first-order chi connectivity index (χ1) is 11.7. The number of amides is 1. The van der Waals surface area contributed by atoms with Gasteiger partial charge in [-0.2, -0.15) is 0 Å². The van der Waals surface area contributed by atoms with Crippen molar-refractivity contribution in [2.24, 2.45) is 4.99 Å². The topological polar surface area (TPSA) is 86.9 Å². The van der Waals surface area contributed by atoms with E-state index >= 15 is 0 Å². The van der Waals surface area contributed by atoms with Gasteiger partial charge < -0.3 is 15.5 Å². The standard InChI is InChI=1S/C16H23N7O/c1-3-15(24)22-9-7-12(11-22)19-16(17-2)18-10-14-21-20-13-6-4-5-8-23(13)14/h4-6,8,12H,3,7,9-11H2,1-2H3,(H2,17,18,19). The Morgan fingerprint density at radius 1 is 1.42 bits per heavy atom. The largest absolute Gasteiger partial charge is 0.352 e. The number of likely N-dealkylation sites (tertiary alicyclic amines) is 1. The molecule has 3 rings (SSSR count). The van der Waals surface area contributed by atoms with E-state index in [1.807, 2.05) is 40.6 Å². The highest BCUT2D eigenvalue weighted by atomic mass is 16.2. The normalized spacial score (nSPS) is 18.2. The molecule has 0 bridgehead atoms. The van der Waals surface area contributed by atoms with Gasteiger partial charge in [0.15, 0.2) is 17.4 Å². The van der Waals surface area contributed by atoms with Crippen LogP contribution in [0, 0.1) is 0 Å². The zero-order valence-corrected chi connectivity index (χ0v) is 14.1. The lowest BCUT2D eigenvalue weighted by Gasteiger charge is -2.18. The molecular formula is C16H23N7O. The van der Waals surface area contributed by atoms with Crippen molar-refractivity contribution in [2.75, 3.05) is 20.1 Å². The Morgan fingerprint density at radius 2 is 2.29 bits per heavy atom. The predicted octanol–water partition coefficient (Wildman–Crippen LogP) is 0.405. The van der Waals surface area contributed by atoms with Gasteiger partial charge in [-0.1, -0.05) is 13.0 Å². The second kappa shape index (κ2) is 7.29. The van der Waals surface area contributed by atoms with Crippen LogP contribution in [-0.2, 0) is 11.3 Å². The zero-order valence-electron chi connectivity index (χ0n) is 14.1. The Hall–Kier alpha value is -2.64. The number of carbonyl (C=O) groups is 1. The third-order valence-corrected chi connectivity index (χ3v) is 4.21. The number of carbonyl (C=O) groups excluding carboxylic acids is 1. The van der Waals surface area contributed by atoms with Gasteiger partial charge >= 0.3 is 0 Å². The van der Waals surface area contributed by atoms with E-state index in [0.717, 1.165) is 31.0 Å². The van der Waals surface area contributed by atoms with Gasteiger partial charge in [0.05, 0.1) is 6.54 Å². The van der Waals surface area contributed by atoms with Crippen LogP contribution in [0.15, 0.2) is 29.4 Å². The summed E-state index contributed by atoms with van der Waals surface area (Å²) in [7, 11) is 1.74. The lowest BCUT2D eigenvalue weighted by Crippen LogP contribution is -2.44. The molecule has 8 nitrogen and oxygen atoms in total. The highest BCUT2D eigenvalue weighted by Crippen LogP contribution is 2.10. The molecule has 1 aliphatic heterocycles. The number of guanidine groups is 1. The number of fused-ring (bicyclic) bond motifs is 1. The fourth-order valence-electron chi connectivity index (χ4n) is 2.89. The Labute approximate surface area is 141 Å². The maximum absolute atomic E-state index is 11.8. The van der Waals surface area contributed by atoms with E-state index in [1.54, 1.807) is 7.05 Å². The SMILES string of the molecule is CCC(=O)N1CCC(NC(=NC)NCc2nnc3ccccn23)C1. The molecule has 0 saturated carbocycles. The number of hydrogen-bond donors (Lipinski definition) is 2. The number of aromatic nitrogens is 3. The molecule has 0 aromatic carbocycles. The third-order valence-electron chi connectivity index (χ3n) is 4.21. The summed E-state index contributed by atoms with van der Waals surface area (Å²) in [5, 5.41) is 15.0. The van der Waals surface area contributed by atoms with E-state index in [9.17, 15) is 4.79 Å². The molecule has 1 unspecified atom stereocenters. The van der Waals surface area contributed by atoms with E-state index in [-0.39, 0.29) is 11.9 Å². The van der Waals surface area contributed by atoms with Gasteiger partial charge in [0, 0.05) is 38.8 Å². The molecule has 24 heavy (non-hydrogen) atoms. The minimum Gasteiger partial charge on any atom is -0.352 e. The third kappa shape index (κ3) is 3.47. The maximum Gasteiger partial charge on any atom is 0.222 e. The average molecular weight is 329 g/mol. The Balaban J connectivity index is 1.55. The summed E-state index contributed by atoms with van der Waals surface area (Å²) in [6, 6.07) is 6.03. The lowest BCUT2D eigenvalue weighted by atomic mass is 10.3. The Morgan fingerprint density at radius 3 is 3.08 bits per heavy atom. The molecule has 0 radical (unpaired) electrons. The zero-order chi connectivity index (χ0) is 16.9. The lowest BCUT2D eigenvalue weighted by molar-refractivity contribution is -0.129. The van der Waals surface area contributed by atoms with Crippen molar-refractivity contribution in [3.63, 3.8) is 0 Å². The van der Waals surface area contributed by atoms with Gasteiger partial charge in [-0.05, 0) is 18.6 Å². The van der Waals surface area contributed by atoms with Crippen LogP contribution < -0.4 is 10.6 Å². The summed E-state index contributed by atoms with van der Waals surface area (Å²) in [6.07, 6.45) is 3.42. The number of hydrogen-bond acceptors (Lipinski definition) is 4. The maximum atomic E-state index is 11.8. The van der Waals surface area contributed by atoms with Crippen LogP contribution in [0.5, 0.6) is 0 Å². The summed E-state index contributed by atoms with van der Waals surface area (Å²) in [5.41, 5.74) is 0.821. The number of aliphatic imine (C=N–C) groups is 1. The van der Waals surface area contributed by atoms with Crippen molar-refractivity contribution in [1.82, 2.24) is 30.1 Å². The number of nitrogens with zero attached hydrogens (tertiary/aromatic N) is 5. The van der Waals surface area contributed by atoms with Gasteiger partial charge in [0.2, 0.25) is 5.91 Å². The Bertz CT molecular complexity index is 739. The number of rotatable bonds is 4. The molecule has 1 fully saturated rings. The molecular weight excluding hydrogens is 306 g/mol. The molecule has 2 aromatic heterocycles. The van der Waals surface area contributed by atoms with Crippen LogP contribution in [0.4, 0.5) is 0 Å². The summed E-state index contributed by atoms with van der Waals surface area (Å²) < 4.78 is 1.94. The van der Waals surface area contributed by atoms with Crippen molar-refractivity contribution in [1.29, 1.82) is 0 Å². The van der Waals surface area contributed by atoms with E-state index in [2.05, 4.69) is 25.8 Å². The molecule has 1 amide bonds. The van der Waals surface area contributed by atoms with Crippen LogP contribution in [-0.4, -0.2) is 57.5 Å². The summed E-state index contributed by atoms with van der Waals surface area (Å²) in [6.45, 7) is 3.94. The van der Waals surface area contributed by atoms with Crippen LogP contribution in [0.2, 0.25) is 0 Å². The van der Waals surface area contributed by atoms with Gasteiger partial charge in [-0.25, -0.2) is 0 Å². The molecule has 0 aliphatic carbocycles. The first-order valence-corrected chi connectivity index (χ1v) is 8.25. The van der Waals surface area contributed by atoms with Gasteiger partial charge in [-0.15, -0.1) is 10.2 Å². The van der Waals surface area contributed by atoms with Crippen LogP contribution >= 0.6 is 0 Å². The number of nitrogens with one attached hydrogen (secondary N) is 2. The Kier molecular flexibility index (Phi) is 4.93. The van der Waals surface area contributed by atoms with Crippen LogP contribution in [0.1, 0.15) is 25.6 Å². The molecule has 0 spiro atoms. The first kappa shape index (κ1) is 16.2. The summed E-state index contributed by atoms with van der Waals surface area (Å²) in [4.78, 5) is 17.9. The summed E-state index contributed by atoms with van der Waals surface area (Å²) in [5.74, 6) is 1.73. The molecule has 1 atom stereocenters. The smallest absolute Gasteiger partial charge is 0.222 e. The van der Waals surface area contributed by atoms with Crippen molar-refractivity contribution in [3.8, 4) is 0 Å². The monoisotopic (exact) mass is 329 g/mol. The minimum absolute atomic E-state index is 0.206. The molecule has 8 heteroatoms. The molecule has 2 N–H and O–H groups in total. The van der Waals surface area contributed by atoms with Crippen molar-refractivity contribution in [3.05, 3.63) is 30.2 Å². The molecule has 128 valence electrons. The minimum atomic E-state index is 0.206. The molecule has 1 aliphatic rings. The van der Waals surface area contributed by atoms with E-state index in [0.29, 0.717) is 18.9 Å². The quantitative estimate of drug-likeness (QED) is 0.626. The van der Waals surface area contributed by atoms with Crippen molar-refractivity contribution < 1.29 is 4.79 Å². The second-order valence-corrected chi connectivity index (χ2v) is 5.79. The van der Waals surface area contributed by atoms with Gasteiger partial charge in [0.1, 0.15) is 0 Å². The van der Waals surface area contributed by atoms with E-state index in [1.165, 1.54) is 0 Å². The fourth-order valence-corrected chi connectivity index (χ4v) is 2.89. The van der Waals surface area contributed by atoms with E-state index in [4.69, 9.17) is 0 Å². The molecule has 3 heterocycles. The highest BCUT2D eigenvalue weighted by molar-refractivity contribution is 5.80. The van der Waals surface area contributed by atoms with Gasteiger partial charge in [0.25, 0.3) is 0 Å².